The van der Waals surface area contributed by atoms with E-state index in [1.807, 2.05) is 0 Å². The second kappa shape index (κ2) is 5.81. The quantitative estimate of drug-likeness (QED) is 0.521. The van der Waals surface area contributed by atoms with Gasteiger partial charge in [-0.1, -0.05) is 12.7 Å². The summed E-state index contributed by atoms with van der Waals surface area (Å²) in [5.41, 5.74) is 1.55. The van der Waals surface area contributed by atoms with Gasteiger partial charge in [0.1, 0.15) is 0 Å². The van der Waals surface area contributed by atoms with E-state index >= 15 is 0 Å². The lowest BCUT2D eigenvalue weighted by Gasteiger charge is -2.00. The molecule has 0 spiro atoms. The Bertz CT molecular complexity index is 724. The van der Waals surface area contributed by atoms with Crippen LogP contribution in [0.5, 0.6) is 0 Å². The molecule has 6 nitrogen and oxygen atoms in total. The molecule has 0 saturated carbocycles. The molecule has 0 unspecified atom stereocenters. The number of aliphatic hydroxyl groups excluding tert-OH is 1. The van der Waals surface area contributed by atoms with E-state index in [0.29, 0.717) is 21.9 Å². The van der Waals surface area contributed by atoms with Gasteiger partial charge in [0.15, 0.2) is 4.96 Å². The molecular weight excluding hydrogens is 278 g/mol. The Balaban J connectivity index is 2.58. The van der Waals surface area contributed by atoms with Crippen LogP contribution in [0.25, 0.3) is 10.5 Å². The van der Waals surface area contributed by atoms with Gasteiger partial charge in [-0.15, -0.1) is 11.3 Å². The first-order chi connectivity index (χ1) is 9.62. The second-order valence-electron chi connectivity index (χ2n) is 3.91. The molecule has 2 aromatic heterocycles. The molecule has 0 aromatic carbocycles. The predicted octanol–water partition coefficient (Wildman–Crippen LogP) is 2.64. The lowest BCUT2D eigenvalue weighted by molar-refractivity contribution is -0.417. The van der Waals surface area contributed by atoms with Crippen molar-refractivity contribution in [3.8, 4) is 0 Å². The Hall–Kier alpha value is -2.25. The monoisotopic (exact) mass is 291 g/mol. The number of hydrogen-bond acceptors (Lipinski definition) is 5. The number of aliphatic hydroxyl groups is 1. The zero-order valence-corrected chi connectivity index (χ0v) is 11.6. The molecule has 0 bridgehead atoms. The first kappa shape index (κ1) is 14.2. The molecule has 0 amide bonds. The van der Waals surface area contributed by atoms with E-state index in [9.17, 15) is 15.2 Å². The van der Waals surface area contributed by atoms with Gasteiger partial charge in [-0.05, 0) is 19.1 Å². The third-order valence-electron chi connectivity index (χ3n) is 2.75. The minimum absolute atomic E-state index is 0.0267. The summed E-state index contributed by atoms with van der Waals surface area (Å²) >= 11 is 1.37. The van der Waals surface area contributed by atoms with Gasteiger partial charge in [0, 0.05) is 11.6 Å². The van der Waals surface area contributed by atoms with Crippen LogP contribution in [-0.2, 0) is 6.61 Å². The Morgan fingerprint density at radius 3 is 3.00 bits per heavy atom. The topological polar surface area (TPSA) is 80.7 Å². The maximum Gasteiger partial charge on any atom is 0.274 e. The number of nitro groups is 1. The number of allylic oxidation sites excluding steroid dienone is 4. The lowest BCUT2D eigenvalue weighted by atomic mass is 10.1. The van der Waals surface area contributed by atoms with Gasteiger partial charge in [-0.3, -0.25) is 14.5 Å². The van der Waals surface area contributed by atoms with Crippen LogP contribution in [0.4, 0.5) is 0 Å². The number of nitrogens with zero attached hydrogens (tertiary/aromatic N) is 3. The summed E-state index contributed by atoms with van der Waals surface area (Å²) in [5.74, 6) is 0. The summed E-state index contributed by atoms with van der Waals surface area (Å²) in [4.78, 5) is 15.7. The fourth-order valence-corrected chi connectivity index (χ4v) is 2.72. The van der Waals surface area contributed by atoms with Crippen LogP contribution in [0, 0.1) is 10.1 Å². The van der Waals surface area contributed by atoms with Crippen molar-refractivity contribution in [1.82, 2.24) is 9.38 Å². The largest absolute Gasteiger partial charge is 0.390 e. The van der Waals surface area contributed by atoms with E-state index in [0.717, 1.165) is 0 Å². The molecule has 2 aromatic rings. The Morgan fingerprint density at radius 1 is 1.70 bits per heavy atom. The van der Waals surface area contributed by atoms with E-state index in [2.05, 4.69) is 11.6 Å². The van der Waals surface area contributed by atoms with E-state index < -0.39 is 4.92 Å². The van der Waals surface area contributed by atoms with Crippen LogP contribution in [0.2, 0.25) is 0 Å². The number of aromatic nitrogens is 2. The maximum absolute atomic E-state index is 11.1. The highest BCUT2D eigenvalue weighted by atomic mass is 32.1. The minimum Gasteiger partial charge on any atom is -0.390 e. The Labute approximate surface area is 119 Å². The van der Waals surface area contributed by atoms with Gasteiger partial charge < -0.3 is 5.11 Å². The molecule has 0 radical (unpaired) electrons. The third kappa shape index (κ3) is 2.40. The minimum atomic E-state index is -0.449. The zero-order chi connectivity index (χ0) is 14.7. The van der Waals surface area contributed by atoms with Crippen LogP contribution in [0.1, 0.15) is 18.3 Å². The molecule has 0 aliphatic heterocycles. The molecule has 0 aliphatic rings. The first-order valence-electron chi connectivity index (χ1n) is 5.82. The molecule has 2 rings (SSSR count). The molecular formula is C13H13N3O3S. The van der Waals surface area contributed by atoms with Crippen molar-refractivity contribution in [2.24, 2.45) is 0 Å². The third-order valence-corrected chi connectivity index (χ3v) is 3.64. The average Bonchev–Trinajstić information content (AvgIpc) is 2.97. The van der Waals surface area contributed by atoms with Gasteiger partial charge >= 0.3 is 0 Å². The van der Waals surface area contributed by atoms with Crippen molar-refractivity contribution in [2.45, 2.75) is 13.5 Å². The number of imidazole rings is 1. The smallest absolute Gasteiger partial charge is 0.274 e. The standard InChI is InChI=1S/C13H13N3O3S/c1-3-5-10(12(4-2)16(18)19)11-6-15-9(7-17)8-20-13(15)14-11/h3-6,8,17H,1,7H2,2H3/b10-5-,12-4+. The van der Waals surface area contributed by atoms with E-state index in [1.54, 1.807) is 29.0 Å². The van der Waals surface area contributed by atoms with Crippen molar-refractivity contribution in [2.75, 3.05) is 0 Å². The van der Waals surface area contributed by atoms with Crippen LogP contribution >= 0.6 is 11.3 Å². The number of fused-ring (bicyclic) bond motifs is 1. The van der Waals surface area contributed by atoms with Gasteiger partial charge in [0.05, 0.1) is 28.5 Å². The average molecular weight is 291 g/mol. The van der Waals surface area contributed by atoms with E-state index in [4.69, 9.17) is 0 Å². The molecule has 7 heteroatoms. The summed E-state index contributed by atoms with van der Waals surface area (Å²) < 4.78 is 1.73. The van der Waals surface area contributed by atoms with Crippen molar-refractivity contribution >= 4 is 21.9 Å². The number of hydrogen-bond donors (Lipinski definition) is 1. The van der Waals surface area contributed by atoms with E-state index in [-0.39, 0.29) is 12.3 Å². The highest BCUT2D eigenvalue weighted by Gasteiger charge is 2.21. The highest BCUT2D eigenvalue weighted by Crippen LogP contribution is 2.26. The molecule has 0 atom stereocenters. The number of rotatable bonds is 5. The summed E-state index contributed by atoms with van der Waals surface area (Å²) in [6, 6.07) is 0. The number of thiazole rings is 1. The predicted molar refractivity (Wildman–Crippen MR) is 77.9 cm³/mol. The van der Waals surface area contributed by atoms with Gasteiger partial charge in [-0.25, -0.2) is 4.98 Å². The highest BCUT2D eigenvalue weighted by molar-refractivity contribution is 7.15. The fourth-order valence-electron chi connectivity index (χ4n) is 1.85. The van der Waals surface area contributed by atoms with Crippen LogP contribution in [0.3, 0.4) is 0 Å². The van der Waals surface area contributed by atoms with Crippen molar-refractivity contribution in [1.29, 1.82) is 0 Å². The summed E-state index contributed by atoms with van der Waals surface area (Å²) in [5, 5.41) is 22.1. The van der Waals surface area contributed by atoms with E-state index in [1.165, 1.54) is 23.5 Å². The maximum atomic E-state index is 11.1. The SMILES string of the molecule is C=C/C=C(\C(=C/C)[N+](=O)[O-])c1cn2c(CO)csc2n1. The van der Waals surface area contributed by atoms with Gasteiger partial charge in [0.25, 0.3) is 5.70 Å². The zero-order valence-electron chi connectivity index (χ0n) is 10.8. The summed E-state index contributed by atoms with van der Waals surface area (Å²) in [7, 11) is 0. The molecule has 0 aliphatic carbocycles. The molecule has 104 valence electrons. The fraction of sp³-hybridized carbons (Fsp3) is 0.154. The molecule has 0 saturated heterocycles. The summed E-state index contributed by atoms with van der Waals surface area (Å²) in [6.45, 7) is 5.07. The van der Waals surface area contributed by atoms with Crippen LogP contribution < -0.4 is 0 Å². The van der Waals surface area contributed by atoms with Gasteiger partial charge in [0.2, 0.25) is 0 Å². The molecule has 20 heavy (non-hydrogen) atoms. The van der Waals surface area contributed by atoms with Crippen LogP contribution in [0.15, 0.2) is 42.1 Å². The Kier molecular flexibility index (Phi) is 4.11. The van der Waals surface area contributed by atoms with Crippen LogP contribution in [-0.4, -0.2) is 19.4 Å². The first-order valence-corrected chi connectivity index (χ1v) is 6.70. The Morgan fingerprint density at radius 2 is 2.45 bits per heavy atom. The lowest BCUT2D eigenvalue weighted by Crippen LogP contribution is -2.01. The second-order valence-corrected chi connectivity index (χ2v) is 4.75. The van der Waals surface area contributed by atoms with Crippen molar-refractivity contribution in [3.63, 3.8) is 0 Å². The molecule has 0 fully saturated rings. The normalized spacial score (nSPS) is 12.9. The molecule has 1 N–H and O–H groups in total. The molecule has 2 heterocycles. The summed E-state index contributed by atoms with van der Waals surface area (Å²) in [6.07, 6.45) is 6.15. The van der Waals surface area contributed by atoms with Crippen molar-refractivity contribution < 1.29 is 10.0 Å². The van der Waals surface area contributed by atoms with Gasteiger partial charge in [-0.2, -0.15) is 0 Å². The van der Waals surface area contributed by atoms with Crippen molar-refractivity contribution in [3.05, 3.63) is 63.6 Å².